The predicted octanol–water partition coefficient (Wildman–Crippen LogP) is 3.03. The molecule has 0 amide bonds. The summed E-state index contributed by atoms with van der Waals surface area (Å²) in [5.41, 5.74) is 2.50. The third kappa shape index (κ3) is 3.64. The molecule has 0 atom stereocenters. The van der Waals surface area contributed by atoms with Crippen LogP contribution in [0, 0.1) is 0 Å². The van der Waals surface area contributed by atoms with Crippen LogP contribution in [0.3, 0.4) is 0 Å². The van der Waals surface area contributed by atoms with Crippen LogP contribution < -0.4 is 9.47 Å². The fraction of sp³-hybridized carbons (Fsp3) is 0.412. The Morgan fingerprint density at radius 3 is 2.61 bits per heavy atom. The molecule has 0 unspecified atom stereocenters. The van der Waals surface area contributed by atoms with Crippen LogP contribution in [-0.4, -0.2) is 35.1 Å². The third-order valence-electron chi connectivity index (χ3n) is 3.59. The normalized spacial score (nSPS) is 10.8. The fourth-order valence-electron chi connectivity index (χ4n) is 2.51. The van der Waals surface area contributed by atoms with Crippen molar-refractivity contribution >= 4 is 5.97 Å². The Bertz CT molecular complexity index is 692. The Kier molecular flexibility index (Phi) is 5.26. The Balaban J connectivity index is 2.54. The van der Waals surface area contributed by atoms with E-state index in [1.807, 2.05) is 38.1 Å². The van der Waals surface area contributed by atoms with Gasteiger partial charge in [0.15, 0.2) is 0 Å². The number of carboxylic acid groups (broad SMARTS) is 1. The zero-order valence-electron chi connectivity index (χ0n) is 13.9. The molecule has 0 radical (unpaired) electrons. The molecule has 1 N–H and O–H groups in total. The summed E-state index contributed by atoms with van der Waals surface area (Å²) in [6, 6.07) is 7.50. The molecule has 2 aromatic rings. The fourth-order valence-corrected chi connectivity index (χ4v) is 2.51. The van der Waals surface area contributed by atoms with Crippen molar-refractivity contribution in [3.05, 3.63) is 35.5 Å². The number of aliphatic carboxylic acids is 1. The maximum atomic E-state index is 10.9. The monoisotopic (exact) mass is 318 g/mol. The molecule has 1 heterocycles. The highest BCUT2D eigenvalue weighted by atomic mass is 16.5. The van der Waals surface area contributed by atoms with Crippen LogP contribution >= 0.6 is 0 Å². The number of rotatable bonds is 7. The molecule has 0 bridgehead atoms. The average Bonchev–Trinajstić information content (AvgIpc) is 2.91. The van der Waals surface area contributed by atoms with E-state index >= 15 is 0 Å². The van der Waals surface area contributed by atoms with Crippen LogP contribution in [0.1, 0.15) is 37.4 Å². The lowest BCUT2D eigenvalue weighted by atomic mass is 10.0. The van der Waals surface area contributed by atoms with Crippen LogP contribution in [0.4, 0.5) is 0 Å². The number of hydrogen-bond donors (Lipinski definition) is 1. The number of nitrogens with zero attached hydrogens (tertiary/aromatic N) is 2. The Labute approximate surface area is 135 Å². The van der Waals surface area contributed by atoms with Crippen LogP contribution in [-0.2, 0) is 11.2 Å². The van der Waals surface area contributed by atoms with E-state index < -0.39 is 5.97 Å². The maximum absolute atomic E-state index is 10.9. The molecule has 0 saturated carbocycles. The summed E-state index contributed by atoms with van der Waals surface area (Å²) in [6.45, 7) is 4.06. The van der Waals surface area contributed by atoms with Crippen LogP contribution in [0.15, 0.2) is 24.3 Å². The van der Waals surface area contributed by atoms with E-state index in [1.165, 1.54) is 0 Å². The summed E-state index contributed by atoms with van der Waals surface area (Å²) in [5, 5.41) is 13.6. The Morgan fingerprint density at radius 1 is 1.30 bits per heavy atom. The molecule has 0 fully saturated rings. The van der Waals surface area contributed by atoms with Crippen molar-refractivity contribution in [2.75, 3.05) is 14.2 Å². The number of hydrogen-bond acceptors (Lipinski definition) is 4. The van der Waals surface area contributed by atoms with E-state index in [2.05, 4.69) is 5.10 Å². The van der Waals surface area contributed by atoms with E-state index in [9.17, 15) is 4.79 Å². The number of aromatic nitrogens is 2. The van der Waals surface area contributed by atoms with E-state index in [-0.39, 0.29) is 12.3 Å². The molecule has 6 heteroatoms. The van der Waals surface area contributed by atoms with Crippen molar-refractivity contribution in [3.63, 3.8) is 0 Å². The van der Waals surface area contributed by atoms with Gasteiger partial charge in [-0.2, -0.15) is 5.10 Å². The van der Waals surface area contributed by atoms with Crippen molar-refractivity contribution in [2.45, 2.75) is 32.6 Å². The minimum Gasteiger partial charge on any atom is -0.497 e. The highest BCUT2D eigenvalue weighted by molar-refractivity contribution is 5.67. The van der Waals surface area contributed by atoms with Gasteiger partial charge in [-0.1, -0.05) is 19.9 Å². The van der Waals surface area contributed by atoms with Gasteiger partial charge in [-0.3, -0.25) is 4.79 Å². The summed E-state index contributed by atoms with van der Waals surface area (Å²) in [5.74, 6) is 0.622. The van der Waals surface area contributed by atoms with Crippen LogP contribution in [0.2, 0.25) is 0 Å². The number of carboxylic acids is 1. The van der Waals surface area contributed by atoms with E-state index in [0.717, 1.165) is 22.7 Å². The van der Waals surface area contributed by atoms with Crippen molar-refractivity contribution in [1.29, 1.82) is 0 Å². The molecule has 0 saturated heterocycles. The number of carbonyl (C=O) groups is 1. The first-order chi connectivity index (χ1) is 11.0. The van der Waals surface area contributed by atoms with Crippen LogP contribution in [0.5, 0.6) is 11.6 Å². The largest absolute Gasteiger partial charge is 0.497 e. The molecule has 0 aliphatic heterocycles. The van der Waals surface area contributed by atoms with E-state index in [4.69, 9.17) is 14.6 Å². The molecule has 1 aromatic heterocycles. The summed E-state index contributed by atoms with van der Waals surface area (Å²) in [7, 11) is 3.18. The summed E-state index contributed by atoms with van der Waals surface area (Å²) in [4.78, 5) is 10.9. The quantitative estimate of drug-likeness (QED) is 0.849. The van der Waals surface area contributed by atoms with Gasteiger partial charge in [0.2, 0.25) is 5.88 Å². The van der Waals surface area contributed by atoms with Crippen molar-refractivity contribution in [2.24, 2.45) is 0 Å². The summed E-state index contributed by atoms with van der Waals surface area (Å²) < 4.78 is 12.5. The van der Waals surface area contributed by atoms with E-state index in [0.29, 0.717) is 12.3 Å². The molecular formula is C17H22N2O4. The molecular weight excluding hydrogens is 296 g/mol. The number of methoxy groups -OCH3 is 2. The zero-order valence-corrected chi connectivity index (χ0v) is 13.9. The lowest BCUT2D eigenvalue weighted by Crippen LogP contribution is -2.02. The van der Waals surface area contributed by atoms with Crippen LogP contribution in [0.25, 0.3) is 5.69 Å². The Hall–Kier alpha value is -2.50. The lowest BCUT2D eigenvalue weighted by molar-refractivity contribution is -0.136. The molecule has 2 rings (SSSR count). The zero-order chi connectivity index (χ0) is 17.0. The van der Waals surface area contributed by atoms with Crippen molar-refractivity contribution in [1.82, 2.24) is 9.78 Å². The van der Waals surface area contributed by atoms with Crippen molar-refractivity contribution < 1.29 is 19.4 Å². The van der Waals surface area contributed by atoms with Gasteiger partial charge in [0.05, 0.1) is 25.6 Å². The van der Waals surface area contributed by atoms with Crippen molar-refractivity contribution in [3.8, 4) is 17.3 Å². The standard InChI is InChI=1S/C17H22N2O4/c1-11(2)16-14(8-9-15(20)21)17(23-4)19(18-16)12-6-5-7-13(10-12)22-3/h5-7,10-11H,8-9H2,1-4H3,(H,20,21). The summed E-state index contributed by atoms with van der Waals surface area (Å²) in [6.07, 6.45) is 0.426. The van der Waals surface area contributed by atoms with Gasteiger partial charge in [0, 0.05) is 18.1 Å². The van der Waals surface area contributed by atoms with Gasteiger partial charge in [-0.15, -0.1) is 0 Å². The molecule has 23 heavy (non-hydrogen) atoms. The molecule has 0 spiro atoms. The lowest BCUT2D eigenvalue weighted by Gasteiger charge is -2.09. The predicted molar refractivity (Wildman–Crippen MR) is 86.7 cm³/mol. The Morgan fingerprint density at radius 2 is 2.04 bits per heavy atom. The number of benzene rings is 1. The topological polar surface area (TPSA) is 73.6 Å². The first-order valence-electron chi connectivity index (χ1n) is 7.50. The second kappa shape index (κ2) is 7.17. The first kappa shape index (κ1) is 16.9. The van der Waals surface area contributed by atoms with Gasteiger partial charge in [0.25, 0.3) is 0 Å². The SMILES string of the molecule is COc1cccc(-n2nc(C(C)C)c(CCC(=O)O)c2OC)c1. The molecule has 124 valence electrons. The minimum atomic E-state index is -0.837. The second-order valence-corrected chi connectivity index (χ2v) is 5.53. The summed E-state index contributed by atoms with van der Waals surface area (Å²) >= 11 is 0. The highest BCUT2D eigenvalue weighted by Crippen LogP contribution is 2.32. The third-order valence-corrected chi connectivity index (χ3v) is 3.59. The molecule has 0 aliphatic carbocycles. The van der Waals surface area contributed by atoms with Gasteiger partial charge < -0.3 is 14.6 Å². The minimum absolute atomic E-state index is 0.0416. The smallest absolute Gasteiger partial charge is 0.303 e. The molecule has 0 aliphatic rings. The highest BCUT2D eigenvalue weighted by Gasteiger charge is 2.22. The average molecular weight is 318 g/mol. The van der Waals surface area contributed by atoms with Gasteiger partial charge in [0.1, 0.15) is 5.75 Å². The second-order valence-electron chi connectivity index (χ2n) is 5.53. The van der Waals surface area contributed by atoms with Gasteiger partial charge in [-0.25, -0.2) is 4.68 Å². The first-order valence-corrected chi connectivity index (χ1v) is 7.50. The molecule has 6 nitrogen and oxygen atoms in total. The number of ether oxygens (including phenoxy) is 2. The van der Waals surface area contributed by atoms with Gasteiger partial charge >= 0.3 is 5.97 Å². The maximum Gasteiger partial charge on any atom is 0.303 e. The molecule has 1 aromatic carbocycles. The van der Waals surface area contributed by atoms with Gasteiger partial charge in [-0.05, 0) is 24.5 Å². The van der Waals surface area contributed by atoms with E-state index in [1.54, 1.807) is 18.9 Å².